The number of methoxy groups -OCH3 is 2. The summed E-state index contributed by atoms with van der Waals surface area (Å²) in [7, 11) is 3.21. The Morgan fingerprint density at radius 2 is 1.78 bits per heavy atom. The lowest BCUT2D eigenvalue weighted by Crippen LogP contribution is -2.30. The van der Waals surface area contributed by atoms with Gasteiger partial charge in [-0.3, -0.25) is 14.9 Å². The molecular formula is C20H25FN6O5. The molecule has 12 heteroatoms. The van der Waals surface area contributed by atoms with E-state index in [1.807, 2.05) is 4.90 Å². The van der Waals surface area contributed by atoms with Crippen LogP contribution in [0.15, 0.2) is 40.6 Å². The van der Waals surface area contributed by atoms with Gasteiger partial charge in [-0.05, 0) is 18.2 Å². The summed E-state index contributed by atoms with van der Waals surface area (Å²) in [6.07, 6.45) is 0. The van der Waals surface area contributed by atoms with Crippen LogP contribution in [0.2, 0.25) is 0 Å². The number of nitro groups is 1. The van der Waals surface area contributed by atoms with Gasteiger partial charge in [0.25, 0.3) is 0 Å². The minimum Gasteiger partial charge on any atom is -0.397 e. The van der Waals surface area contributed by atoms with Crippen molar-refractivity contribution in [1.82, 2.24) is 0 Å². The third kappa shape index (κ3) is 6.68. The standard InChI is InChI=1S/C20H25FN6O5/c1-13(28)23-19-10-14(26(6-8-31-2)7-9-32-3)4-5-17(19)24-25-18-11-15(21)20(27(29)30)12-16(18)22/h4-5,10-12H,6-9,22H2,1-3H3,(H,23,28). The summed E-state index contributed by atoms with van der Waals surface area (Å²) in [5.74, 6) is -1.40. The van der Waals surface area contributed by atoms with Crippen molar-refractivity contribution in [1.29, 1.82) is 0 Å². The Hall–Kier alpha value is -3.64. The van der Waals surface area contributed by atoms with Crippen LogP contribution in [0.25, 0.3) is 0 Å². The molecule has 32 heavy (non-hydrogen) atoms. The first-order valence-corrected chi connectivity index (χ1v) is 9.56. The average molecular weight is 448 g/mol. The molecule has 0 aliphatic carbocycles. The number of carbonyl (C=O) groups is 1. The zero-order valence-electron chi connectivity index (χ0n) is 18.0. The summed E-state index contributed by atoms with van der Waals surface area (Å²) in [6, 6.07) is 6.85. The predicted octanol–water partition coefficient (Wildman–Crippen LogP) is 3.79. The zero-order valence-corrected chi connectivity index (χ0v) is 18.0. The van der Waals surface area contributed by atoms with Crippen molar-refractivity contribution in [2.75, 3.05) is 56.5 Å². The molecule has 0 saturated carbocycles. The van der Waals surface area contributed by atoms with Crippen LogP contribution in [0, 0.1) is 15.9 Å². The number of halogens is 1. The topological polar surface area (TPSA) is 145 Å². The molecule has 0 atom stereocenters. The number of azo groups is 1. The highest BCUT2D eigenvalue weighted by atomic mass is 19.1. The lowest BCUT2D eigenvalue weighted by molar-refractivity contribution is -0.387. The summed E-state index contributed by atoms with van der Waals surface area (Å²) in [5, 5.41) is 21.5. The summed E-state index contributed by atoms with van der Waals surface area (Å²) in [4.78, 5) is 23.7. The highest BCUT2D eigenvalue weighted by Crippen LogP contribution is 2.34. The lowest BCUT2D eigenvalue weighted by atomic mass is 10.2. The minimum atomic E-state index is -1.08. The van der Waals surface area contributed by atoms with Crippen molar-refractivity contribution in [3.05, 3.63) is 46.3 Å². The van der Waals surface area contributed by atoms with E-state index in [1.165, 1.54) is 6.92 Å². The number of ether oxygens (including phenoxy) is 2. The quantitative estimate of drug-likeness (QED) is 0.230. The fourth-order valence-corrected chi connectivity index (χ4v) is 2.77. The number of amides is 1. The van der Waals surface area contributed by atoms with Crippen LogP contribution in [-0.4, -0.2) is 51.4 Å². The van der Waals surface area contributed by atoms with Gasteiger partial charge in [0.1, 0.15) is 11.4 Å². The normalized spacial score (nSPS) is 11.0. The molecule has 0 aromatic heterocycles. The average Bonchev–Trinajstić information content (AvgIpc) is 2.74. The van der Waals surface area contributed by atoms with Crippen molar-refractivity contribution >= 4 is 40.0 Å². The van der Waals surface area contributed by atoms with Crippen LogP contribution >= 0.6 is 0 Å². The van der Waals surface area contributed by atoms with Crippen LogP contribution in [0.4, 0.5) is 38.5 Å². The predicted molar refractivity (Wildman–Crippen MR) is 118 cm³/mol. The molecule has 3 N–H and O–H groups in total. The second-order valence-electron chi connectivity index (χ2n) is 6.67. The lowest BCUT2D eigenvalue weighted by Gasteiger charge is -2.25. The van der Waals surface area contributed by atoms with Gasteiger partial charge in [0.15, 0.2) is 0 Å². The van der Waals surface area contributed by atoms with E-state index in [-0.39, 0.29) is 17.3 Å². The molecule has 172 valence electrons. The Morgan fingerprint density at radius 1 is 1.16 bits per heavy atom. The van der Waals surface area contributed by atoms with E-state index < -0.39 is 16.4 Å². The van der Waals surface area contributed by atoms with E-state index in [2.05, 4.69) is 15.5 Å². The molecule has 0 saturated heterocycles. The van der Waals surface area contributed by atoms with Gasteiger partial charge in [-0.2, -0.15) is 4.39 Å². The summed E-state index contributed by atoms with van der Waals surface area (Å²) in [6.45, 7) is 3.53. The second kappa shape index (κ2) is 11.7. The maximum absolute atomic E-state index is 13.9. The minimum absolute atomic E-state index is 0.0761. The highest BCUT2D eigenvalue weighted by Gasteiger charge is 2.17. The van der Waals surface area contributed by atoms with Gasteiger partial charge in [-0.25, -0.2) is 0 Å². The summed E-state index contributed by atoms with van der Waals surface area (Å²) < 4.78 is 24.2. The van der Waals surface area contributed by atoms with Crippen LogP contribution in [-0.2, 0) is 14.3 Å². The highest BCUT2D eigenvalue weighted by molar-refractivity contribution is 5.93. The summed E-state index contributed by atoms with van der Waals surface area (Å²) >= 11 is 0. The van der Waals surface area contributed by atoms with Crippen molar-refractivity contribution in [2.45, 2.75) is 6.92 Å². The van der Waals surface area contributed by atoms with Crippen molar-refractivity contribution < 1.29 is 23.6 Å². The van der Waals surface area contributed by atoms with Gasteiger partial charge in [0.2, 0.25) is 11.7 Å². The molecule has 0 aliphatic heterocycles. The number of nitrogens with zero attached hydrogens (tertiary/aromatic N) is 4. The van der Waals surface area contributed by atoms with Crippen LogP contribution in [0.3, 0.4) is 0 Å². The molecule has 0 aliphatic rings. The fraction of sp³-hybridized carbons (Fsp3) is 0.350. The van der Waals surface area contributed by atoms with Gasteiger partial charge in [-0.15, -0.1) is 10.2 Å². The molecule has 0 radical (unpaired) electrons. The van der Waals surface area contributed by atoms with Gasteiger partial charge >= 0.3 is 5.69 Å². The smallest absolute Gasteiger partial charge is 0.307 e. The largest absolute Gasteiger partial charge is 0.397 e. The molecule has 11 nitrogen and oxygen atoms in total. The van der Waals surface area contributed by atoms with E-state index in [9.17, 15) is 19.3 Å². The number of nitrogen functional groups attached to an aromatic ring is 1. The molecule has 0 heterocycles. The Balaban J connectivity index is 2.39. The maximum Gasteiger partial charge on any atom is 0.307 e. The van der Waals surface area contributed by atoms with E-state index in [0.29, 0.717) is 37.7 Å². The Morgan fingerprint density at radius 3 is 2.34 bits per heavy atom. The molecule has 0 spiro atoms. The number of benzene rings is 2. The first-order chi connectivity index (χ1) is 15.3. The molecule has 0 bridgehead atoms. The van der Waals surface area contributed by atoms with E-state index >= 15 is 0 Å². The molecule has 0 unspecified atom stereocenters. The molecule has 2 rings (SSSR count). The number of rotatable bonds is 11. The molecule has 2 aromatic carbocycles. The third-order valence-corrected chi connectivity index (χ3v) is 4.34. The monoisotopic (exact) mass is 448 g/mol. The molecular weight excluding hydrogens is 423 g/mol. The van der Waals surface area contributed by atoms with Crippen molar-refractivity contribution in [3.63, 3.8) is 0 Å². The number of hydrogen-bond donors (Lipinski definition) is 2. The second-order valence-corrected chi connectivity index (χ2v) is 6.67. The van der Waals surface area contributed by atoms with Gasteiger partial charge in [0.05, 0.1) is 29.5 Å². The van der Waals surface area contributed by atoms with Crippen LogP contribution in [0.5, 0.6) is 0 Å². The first kappa shape index (κ1) is 24.6. The number of carbonyl (C=O) groups excluding carboxylic acids is 1. The van der Waals surface area contributed by atoms with Crippen LogP contribution in [0.1, 0.15) is 6.92 Å². The molecule has 2 aromatic rings. The van der Waals surface area contributed by atoms with E-state index in [1.54, 1.807) is 32.4 Å². The maximum atomic E-state index is 13.9. The third-order valence-electron chi connectivity index (χ3n) is 4.34. The fourth-order valence-electron chi connectivity index (χ4n) is 2.77. The van der Waals surface area contributed by atoms with Gasteiger partial charge in [-0.1, -0.05) is 0 Å². The van der Waals surface area contributed by atoms with E-state index in [4.69, 9.17) is 15.2 Å². The Labute approximate surface area is 184 Å². The van der Waals surface area contributed by atoms with Gasteiger partial charge < -0.3 is 25.4 Å². The van der Waals surface area contributed by atoms with Crippen molar-refractivity contribution in [2.24, 2.45) is 10.2 Å². The van der Waals surface area contributed by atoms with Crippen LogP contribution < -0.4 is 16.0 Å². The SMILES string of the molecule is COCCN(CCOC)c1ccc(N=Nc2cc(F)c([N+](=O)[O-])cc2N)c(NC(C)=O)c1. The number of nitro benzene ring substituents is 1. The first-order valence-electron chi connectivity index (χ1n) is 9.56. The number of hydrogen-bond acceptors (Lipinski definition) is 9. The molecule has 1 amide bonds. The molecule has 0 fully saturated rings. The Bertz CT molecular complexity index is 993. The number of nitrogens with one attached hydrogen (secondary N) is 1. The zero-order chi connectivity index (χ0) is 23.7. The summed E-state index contributed by atoms with van der Waals surface area (Å²) in [5.41, 5.74) is 6.27. The number of nitrogens with two attached hydrogens (primary N) is 1. The van der Waals surface area contributed by atoms with Gasteiger partial charge in [0, 0.05) is 52.1 Å². The Kier molecular flexibility index (Phi) is 8.98. The number of anilines is 3. The van der Waals surface area contributed by atoms with Crippen molar-refractivity contribution in [3.8, 4) is 0 Å². The van der Waals surface area contributed by atoms with E-state index in [0.717, 1.165) is 17.8 Å².